The molecule has 0 aliphatic carbocycles. The number of nitriles is 1. The third-order valence-electron chi connectivity index (χ3n) is 3.53. The number of anilines is 1. The topological polar surface area (TPSA) is 77.8 Å². The molecule has 27 heavy (non-hydrogen) atoms. The van der Waals surface area contributed by atoms with Crippen molar-refractivity contribution in [3.05, 3.63) is 60.2 Å². The standard InChI is InChI=1S/C20H24N4O3/c1-23(2)15-17-8-6-11-19(14-17)26-12-7-13-27-22-20(25)24(16-21)18-9-4-3-5-10-18/h3-6,8-11,14H,7,12-13,15H2,1-2H3,(H,22,25). The number of nitrogens with one attached hydrogen (secondary N) is 1. The number of hydrogen-bond donors (Lipinski definition) is 1. The first-order valence-corrected chi connectivity index (χ1v) is 8.63. The maximum Gasteiger partial charge on any atom is 0.359 e. The van der Waals surface area contributed by atoms with E-state index in [1.54, 1.807) is 24.3 Å². The molecule has 7 nitrogen and oxygen atoms in total. The molecule has 0 aliphatic rings. The van der Waals surface area contributed by atoms with Crippen molar-refractivity contribution < 1.29 is 14.4 Å². The van der Waals surface area contributed by atoms with Gasteiger partial charge in [-0.15, -0.1) is 0 Å². The van der Waals surface area contributed by atoms with Gasteiger partial charge in [-0.25, -0.2) is 10.3 Å². The van der Waals surface area contributed by atoms with E-state index in [-0.39, 0.29) is 6.61 Å². The van der Waals surface area contributed by atoms with E-state index >= 15 is 0 Å². The summed E-state index contributed by atoms with van der Waals surface area (Å²) < 4.78 is 5.70. The van der Waals surface area contributed by atoms with Crippen LogP contribution in [0.2, 0.25) is 0 Å². The summed E-state index contributed by atoms with van der Waals surface area (Å²) in [6.07, 6.45) is 2.42. The van der Waals surface area contributed by atoms with E-state index in [1.807, 2.05) is 44.6 Å². The number of nitrogens with zero attached hydrogens (tertiary/aromatic N) is 3. The molecule has 2 aromatic rings. The predicted octanol–water partition coefficient (Wildman–Crippen LogP) is 3.15. The lowest BCUT2D eigenvalue weighted by molar-refractivity contribution is 0.0563. The Kier molecular flexibility index (Phi) is 8.10. The van der Waals surface area contributed by atoms with Crippen LogP contribution in [0.5, 0.6) is 5.75 Å². The van der Waals surface area contributed by atoms with Crippen LogP contribution in [0, 0.1) is 11.5 Å². The van der Waals surface area contributed by atoms with Crippen molar-refractivity contribution in [3.63, 3.8) is 0 Å². The van der Waals surface area contributed by atoms with E-state index in [2.05, 4.69) is 16.4 Å². The molecular formula is C20H24N4O3. The minimum atomic E-state index is -0.638. The fraction of sp³-hybridized carbons (Fsp3) is 0.300. The number of benzene rings is 2. The molecule has 142 valence electrons. The van der Waals surface area contributed by atoms with Crippen LogP contribution in [0.15, 0.2) is 54.6 Å². The van der Waals surface area contributed by atoms with E-state index in [0.717, 1.165) is 17.2 Å². The summed E-state index contributed by atoms with van der Waals surface area (Å²) in [4.78, 5) is 20.1. The van der Waals surface area contributed by atoms with Gasteiger partial charge in [0, 0.05) is 13.0 Å². The quantitative estimate of drug-likeness (QED) is 0.318. The summed E-state index contributed by atoms with van der Waals surface area (Å²) in [5, 5.41) is 9.13. The summed E-state index contributed by atoms with van der Waals surface area (Å²) in [7, 11) is 4.04. The highest BCUT2D eigenvalue weighted by molar-refractivity contribution is 5.93. The number of amides is 2. The SMILES string of the molecule is CN(C)Cc1cccc(OCCCONC(=O)N(C#N)c2ccccc2)c1. The molecule has 0 aliphatic heterocycles. The second kappa shape index (κ2) is 10.8. The Labute approximate surface area is 159 Å². The number of carbonyl (C=O) groups excluding carboxylic acids is 1. The van der Waals surface area contributed by atoms with Crippen molar-refractivity contribution in [2.45, 2.75) is 13.0 Å². The van der Waals surface area contributed by atoms with Crippen LogP contribution in [0.3, 0.4) is 0 Å². The Morgan fingerprint density at radius 1 is 1.11 bits per heavy atom. The summed E-state index contributed by atoms with van der Waals surface area (Å²) in [6.45, 7) is 1.59. The molecule has 0 fully saturated rings. The molecule has 0 radical (unpaired) electrons. The van der Waals surface area contributed by atoms with Gasteiger partial charge in [-0.1, -0.05) is 30.3 Å². The molecule has 0 bridgehead atoms. The minimum Gasteiger partial charge on any atom is -0.493 e. The van der Waals surface area contributed by atoms with E-state index in [4.69, 9.17) is 14.8 Å². The maximum atomic E-state index is 12.0. The number of rotatable bonds is 9. The van der Waals surface area contributed by atoms with Gasteiger partial charge in [-0.2, -0.15) is 10.2 Å². The van der Waals surface area contributed by atoms with Gasteiger partial charge in [0.2, 0.25) is 0 Å². The van der Waals surface area contributed by atoms with Gasteiger partial charge in [-0.05, 0) is 43.9 Å². The summed E-state index contributed by atoms with van der Waals surface area (Å²) in [5.74, 6) is 0.804. The largest absolute Gasteiger partial charge is 0.493 e. The molecule has 0 heterocycles. The Balaban J connectivity index is 1.67. The molecule has 0 saturated carbocycles. The summed E-state index contributed by atoms with van der Waals surface area (Å²) in [5.41, 5.74) is 3.92. The first-order valence-electron chi connectivity index (χ1n) is 8.63. The average Bonchev–Trinajstić information content (AvgIpc) is 2.66. The van der Waals surface area contributed by atoms with Crippen LogP contribution in [-0.4, -0.2) is 38.2 Å². The van der Waals surface area contributed by atoms with Crippen molar-refractivity contribution in [3.8, 4) is 11.9 Å². The predicted molar refractivity (Wildman–Crippen MR) is 103 cm³/mol. The van der Waals surface area contributed by atoms with E-state index in [0.29, 0.717) is 18.7 Å². The maximum absolute atomic E-state index is 12.0. The van der Waals surface area contributed by atoms with Gasteiger partial charge in [0.15, 0.2) is 6.19 Å². The first-order chi connectivity index (χ1) is 13.1. The molecule has 1 N–H and O–H groups in total. The first kappa shape index (κ1) is 20.2. The van der Waals surface area contributed by atoms with Gasteiger partial charge >= 0.3 is 6.03 Å². The zero-order chi connectivity index (χ0) is 19.5. The van der Waals surface area contributed by atoms with Gasteiger partial charge in [0.1, 0.15) is 5.75 Å². The van der Waals surface area contributed by atoms with Crippen molar-refractivity contribution >= 4 is 11.7 Å². The monoisotopic (exact) mass is 368 g/mol. The zero-order valence-electron chi connectivity index (χ0n) is 15.6. The van der Waals surface area contributed by atoms with E-state index in [9.17, 15) is 4.79 Å². The Morgan fingerprint density at radius 3 is 2.59 bits per heavy atom. The van der Waals surface area contributed by atoms with Crippen LogP contribution in [0.4, 0.5) is 10.5 Å². The third kappa shape index (κ3) is 6.98. The zero-order valence-corrected chi connectivity index (χ0v) is 15.6. The number of hydroxylamine groups is 1. The normalized spacial score (nSPS) is 10.3. The number of ether oxygens (including phenoxy) is 1. The van der Waals surface area contributed by atoms with Gasteiger partial charge in [0.05, 0.1) is 18.9 Å². The lowest BCUT2D eigenvalue weighted by Crippen LogP contribution is -2.37. The highest BCUT2D eigenvalue weighted by Gasteiger charge is 2.14. The molecule has 0 aromatic heterocycles. The lowest BCUT2D eigenvalue weighted by Gasteiger charge is -2.14. The minimum absolute atomic E-state index is 0.275. The summed E-state index contributed by atoms with van der Waals surface area (Å²) >= 11 is 0. The lowest BCUT2D eigenvalue weighted by atomic mass is 10.2. The molecule has 0 saturated heterocycles. The molecule has 7 heteroatoms. The molecule has 2 aromatic carbocycles. The Bertz CT molecular complexity index is 759. The second-order valence-corrected chi connectivity index (χ2v) is 6.11. The highest BCUT2D eigenvalue weighted by atomic mass is 16.7. The Hall–Kier alpha value is -3.08. The number of carbonyl (C=O) groups is 1. The van der Waals surface area contributed by atoms with Crippen molar-refractivity contribution in [1.29, 1.82) is 5.26 Å². The fourth-order valence-corrected chi connectivity index (χ4v) is 2.38. The van der Waals surface area contributed by atoms with Gasteiger partial charge in [0.25, 0.3) is 0 Å². The van der Waals surface area contributed by atoms with Crippen LogP contribution >= 0.6 is 0 Å². The van der Waals surface area contributed by atoms with Crippen molar-refractivity contribution in [2.24, 2.45) is 0 Å². The van der Waals surface area contributed by atoms with Crippen LogP contribution in [0.25, 0.3) is 0 Å². The van der Waals surface area contributed by atoms with Crippen LogP contribution < -0.4 is 15.1 Å². The highest BCUT2D eigenvalue weighted by Crippen LogP contribution is 2.14. The van der Waals surface area contributed by atoms with Crippen molar-refractivity contribution in [1.82, 2.24) is 10.4 Å². The molecule has 0 atom stereocenters. The number of para-hydroxylation sites is 1. The molecule has 2 amide bonds. The molecule has 0 unspecified atom stereocenters. The summed E-state index contributed by atoms with van der Waals surface area (Å²) in [6, 6.07) is 15.9. The molecule has 2 rings (SSSR count). The average molecular weight is 368 g/mol. The third-order valence-corrected chi connectivity index (χ3v) is 3.53. The number of urea groups is 1. The van der Waals surface area contributed by atoms with Crippen LogP contribution in [0.1, 0.15) is 12.0 Å². The van der Waals surface area contributed by atoms with Gasteiger partial charge in [-0.3, -0.25) is 4.84 Å². The van der Waals surface area contributed by atoms with E-state index < -0.39 is 6.03 Å². The second-order valence-electron chi connectivity index (χ2n) is 6.11. The Morgan fingerprint density at radius 2 is 1.89 bits per heavy atom. The number of hydrogen-bond acceptors (Lipinski definition) is 5. The van der Waals surface area contributed by atoms with Crippen LogP contribution in [-0.2, 0) is 11.4 Å². The van der Waals surface area contributed by atoms with Gasteiger partial charge < -0.3 is 9.64 Å². The molecular weight excluding hydrogens is 344 g/mol. The molecule has 0 spiro atoms. The smallest absolute Gasteiger partial charge is 0.359 e. The van der Waals surface area contributed by atoms with E-state index in [1.165, 1.54) is 5.56 Å². The fourth-order valence-electron chi connectivity index (χ4n) is 2.38. The van der Waals surface area contributed by atoms with Crippen molar-refractivity contribution in [2.75, 3.05) is 32.2 Å².